The fourth-order valence-electron chi connectivity index (χ4n) is 5.65. The third kappa shape index (κ3) is 11.0. The highest BCUT2D eigenvalue weighted by molar-refractivity contribution is 5.92. The molecular weight excluding hydrogens is 514 g/mol. The quantitative estimate of drug-likeness (QED) is 0.274. The lowest BCUT2D eigenvalue weighted by Gasteiger charge is -2.40. The molecule has 1 aromatic carbocycles. The molecule has 3 unspecified atom stereocenters. The summed E-state index contributed by atoms with van der Waals surface area (Å²) in [5.41, 5.74) is 2.22. The zero-order chi connectivity index (χ0) is 30.9. The number of hydrogen-bond acceptors (Lipinski definition) is 4. The maximum absolute atomic E-state index is 14.6. The van der Waals surface area contributed by atoms with Crippen molar-refractivity contribution in [2.45, 2.75) is 150 Å². The molecule has 3 amide bonds. The topological polar surface area (TPSA) is 87.7 Å². The third-order valence-corrected chi connectivity index (χ3v) is 8.01. The molecule has 0 saturated heterocycles. The molecule has 7 heteroatoms. The van der Waals surface area contributed by atoms with Crippen molar-refractivity contribution in [1.29, 1.82) is 0 Å². The summed E-state index contributed by atoms with van der Waals surface area (Å²) in [6.45, 7) is 19.9. The molecule has 0 heterocycles. The van der Waals surface area contributed by atoms with Gasteiger partial charge in [-0.25, -0.2) is 4.79 Å². The van der Waals surface area contributed by atoms with Crippen LogP contribution in [0.25, 0.3) is 0 Å². The minimum atomic E-state index is -0.818. The Morgan fingerprint density at radius 1 is 0.951 bits per heavy atom. The maximum atomic E-state index is 14.6. The van der Waals surface area contributed by atoms with Gasteiger partial charge in [0, 0.05) is 12.1 Å². The second kappa shape index (κ2) is 15.6. The van der Waals surface area contributed by atoms with Crippen LogP contribution < -0.4 is 10.6 Å². The number of benzene rings is 1. The van der Waals surface area contributed by atoms with Gasteiger partial charge in [0.15, 0.2) is 0 Å². The molecule has 1 aromatic rings. The molecular formula is C34H57N3O4. The summed E-state index contributed by atoms with van der Waals surface area (Å²) in [4.78, 5) is 43.6. The highest BCUT2D eigenvalue weighted by Crippen LogP contribution is 2.32. The van der Waals surface area contributed by atoms with E-state index in [0.717, 1.165) is 55.2 Å². The molecule has 1 fully saturated rings. The normalized spacial score (nSPS) is 16.7. The van der Waals surface area contributed by atoms with E-state index in [9.17, 15) is 14.4 Å². The second-order valence-corrected chi connectivity index (χ2v) is 13.9. The summed E-state index contributed by atoms with van der Waals surface area (Å²) in [6.07, 6.45) is 6.79. The summed E-state index contributed by atoms with van der Waals surface area (Å²) in [5.74, 6) is 0.208. The molecule has 232 valence electrons. The first-order valence-corrected chi connectivity index (χ1v) is 15.8. The van der Waals surface area contributed by atoms with Crippen molar-refractivity contribution >= 4 is 17.9 Å². The van der Waals surface area contributed by atoms with Gasteiger partial charge < -0.3 is 20.3 Å². The van der Waals surface area contributed by atoms with Crippen LogP contribution in [0.15, 0.2) is 18.2 Å². The fourth-order valence-corrected chi connectivity index (χ4v) is 5.65. The van der Waals surface area contributed by atoms with E-state index in [-0.39, 0.29) is 29.8 Å². The smallest absolute Gasteiger partial charge is 0.408 e. The van der Waals surface area contributed by atoms with Crippen LogP contribution in [0, 0.1) is 25.7 Å². The van der Waals surface area contributed by atoms with E-state index in [1.807, 2.05) is 52.8 Å². The first-order chi connectivity index (χ1) is 19.1. The van der Waals surface area contributed by atoms with E-state index in [4.69, 9.17) is 4.74 Å². The van der Waals surface area contributed by atoms with Gasteiger partial charge in [-0.15, -0.1) is 0 Å². The Bertz CT molecular complexity index is 1010. The molecule has 1 aliphatic rings. The minimum Gasteiger partial charge on any atom is -0.444 e. The zero-order valence-corrected chi connectivity index (χ0v) is 27.4. The van der Waals surface area contributed by atoms with Gasteiger partial charge in [0.05, 0.1) is 0 Å². The van der Waals surface area contributed by atoms with Gasteiger partial charge in [0.1, 0.15) is 17.7 Å². The highest BCUT2D eigenvalue weighted by Gasteiger charge is 2.40. The first kappa shape index (κ1) is 34.6. The van der Waals surface area contributed by atoms with Gasteiger partial charge in [0.25, 0.3) is 0 Å². The predicted octanol–water partition coefficient (Wildman–Crippen LogP) is 7.39. The van der Waals surface area contributed by atoms with Gasteiger partial charge in [-0.05, 0) is 102 Å². The molecule has 1 saturated carbocycles. The summed E-state index contributed by atoms with van der Waals surface area (Å²) in [6, 6.07) is 4.24. The Morgan fingerprint density at radius 2 is 1.59 bits per heavy atom. The Kier molecular flexibility index (Phi) is 13.2. The van der Waals surface area contributed by atoms with Gasteiger partial charge in [0.2, 0.25) is 11.8 Å². The number of ether oxygens (including phenoxy) is 1. The Labute approximate surface area is 249 Å². The maximum Gasteiger partial charge on any atom is 0.408 e. The minimum absolute atomic E-state index is 0.109. The van der Waals surface area contributed by atoms with E-state index in [1.54, 1.807) is 25.7 Å². The molecule has 3 atom stereocenters. The number of hydrogen-bond donors (Lipinski definition) is 2. The van der Waals surface area contributed by atoms with Crippen LogP contribution in [0.3, 0.4) is 0 Å². The number of rotatable bonds is 12. The lowest BCUT2D eigenvalue weighted by molar-refractivity contribution is -0.146. The molecule has 0 aromatic heterocycles. The first-order valence-electron chi connectivity index (χ1n) is 15.8. The largest absolute Gasteiger partial charge is 0.444 e. The van der Waals surface area contributed by atoms with E-state index in [0.29, 0.717) is 12.3 Å². The fraction of sp³-hybridized carbons (Fsp3) is 0.735. The van der Waals surface area contributed by atoms with Crippen molar-refractivity contribution in [2.75, 3.05) is 0 Å². The van der Waals surface area contributed by atoms with E-state index >= 15 is 0 Å². The monoisotopic (exact) mass is 571 g/mol. The van der Waals surface area contributed by atoms with Crippen molar-refractivity contribution in [3.05, 3.63) is 34.9 Å². The molecule has 2 rings (SSSR count). The molecule has 0 radical (unpaired) electrons. The van der Waals surface area contributed by atoms with Gasteiger partial charge >= 0.3 is 6.09 Å². The van der Waals surface area contributed by atoms with E-state index < -0.39 is 23.8 Å². The van der Waals surface area contributed by atoms with Gasteiger partial charge in [-0.1, -0.05) is 65.2 Å². The Hall–Kier alpha value is -2.57. The molecule has 7 nitrogen and oxygen atoms in total. The van der Waals surface area contributed by atoms with Crippen LogP contribution in [-0.2, 0) is 14.3 Å². The molecule has 0 spiro atoms. The number of carbonyl (C=O) groups excluding carboxylic acids is 3. The van der Waals surface area contributed by atoms with Crippen molar-refractivity contribution in [1.82, 2.24) is 15.5 Å². The van der Waals surface area contributed by atoms with Crippen LogP contribution in [0.4, 0.5) is 4.79 Å². The average molecular weight is 572 g/mol. The van der Waals surface area contributed by atoms with Crippen LogP contribution in [-0.4, -0.2) is 46.5 Å². The van der Waals surface area contributed by atoms with Gasteiger partial charge in [-0.2, -0.15) is 0 Å². The summed E-state index contributed by atoms with van der Waals surface area (Å²) in [5, 5.41) is 6.20. The zero-order valence-electron chi connectivity index (χ0n) is 27.4. The number of amides is 3. The SMILES string of the molecule is Cc1cccc(C(C(=O)NC2CCCCC2)N(C(=O)C(CC(C)C)NC(=O)OC(C)(C)C)C(C)CCC(C)C)c1C. The van der Waals surface area contributed by atoms with Crippen molar-refractivity contribution in [3.8, 4) is 0 Å². The molecule has 0 aliphatic heterocycles. The lowest BCUT2D eigenvalue weighted by atomic mass is 9.91. The van der Waals surface area contributed by atoms with Crippen LogP contribution in [0.5, 0.6) is 0 Å². The van der Waals surface area contributed by atoms with Gasteiger partial charge in [-0.3, -0.25) is 9.59 Å². The standard InChI is InChI=1S/C34H57N3O4/c1-22(2)19-20-25(6)37(32(39)29(21-23(3)4)36-33(40)41-34(8,9)10)30(28-18-14-15-24(5)26(28)7)31(38)35-27-16-12-11-13-17-27/h14-15,18,22-23,25,27,29-30H,11-13,16-17,19-21H2,1-10H3,(H,35,38)(H,36,40). The molecule has 2 N–H and O–H groups in total. The molecule has 1 aliphatic carbocycles. The lowest BCUT2D eigenvalue weighted by Crippen LogP contribution is -2.56. The van der Waals surface area contributed by atoms with E-state index in [2.05, 4.69) is 24.5 Å². The van der Waals surface area contributed by atoms with E-state index in [1.165, 1.54) is 6.42 Å². The molecule has 0 bridgehead atoms. The number of carbonyl (C=O) groups is 3. The number of nitrogens with zero attached hydrogens (tertiary/aromatic N) is 1. The van der Waals surface area contributed by atoms with Crippen LogP contribution in [0.1, 0.15) is 129 Å². The van der Waals surface area contributed by atoms with Crippen molar-refractivity contribution < 1.29 is 19.1 Å². The van der Waals surface area contributed by atoms with Crippen LogP contribution in [0.2, 0.25) is 0 Å². The summed E-state index contributed by atoms with van der Waals surface area (Å²) >= 11 is 0. The number of nitrogens with one attached hydrogen (secondary N) is 2. The van der Waals surface area contributed by atoms with Crippen molar-refractivity contribution in [2.24, 2.45) is 11.8 Å². The van der Waals surface area contributed by atoms with Crippen molar-refractivity contribution in [3.63, 3.8) is 0 Å². The van der Waals surface area contributed by atoms with Crippen LogP contribution >= 0.6 is 0 Å². The number of aryl methyl sites for hydroxylation is 1. The summed E-state index contributed by atoms with van der Waals surface area (Å²) < 4.78 is 5.55. The Morgan fingerprint density at radius 3 is 2.15 bits per heavy atom. The predicted molar refractivity (Wildman–Crippen MR) is 167 cm³/mol. The molecule has 41 heavy (non-hydrogen) atoms. The number of alkyl carbamates (subject to hydrolysis) is 1. The summed E-state index contributed by atoms with van der Waals surface area (Å²) in [7, 11) is 0. The highest BCUT2D eigenvalue weighted by atomic mass is 16.6. The third-order valence-electron chi connectivity index (χ3n) is 8.01. The second-order valence-electron chi connectivity index (χ2n) is 13.9. The Balaban J connectivity index is 2.61. The average Bonchev–Trinajstić information content (AvgIpc) is 2.86.